The number of amides is 2. The number of methoxy groups -OCH3 is 1. The van der Waals surface area contributed by atoms with Crippen LogP contribution in [0.4, 0.5) is 5.69 Å². The molecule has 0 radical (unpaired) electrons. The monoisotopic (exact) mass is 473 g/mol. The quantitative estimate of drug-likeness (QED) is 0.582. The lowest BCUT2D eigenvalue weighted by Gasteiger charge is -2.20. The van der Waals surface area contributed by atoms with E-state index in [1.54, 1.807) is 50.1 Å². The molecule has 33 heavy (non-hydrogen) atoms. The maximum atomic E-state index is 12.7. The third kappa shape index (κ3) is 6.55. The Morgan fingerprint density at radius 2 is 1.82 bits per heavy atom. The lowest BCUT2D eigenvalue weighted by Crippen LogP contribution is -2.32. The minimum absolute atomic E-state index is 0.0970. The van der Waals surface area contributed by atoms with Crippen LogP contribution in [0.3, 0.4) is 0 Å². The van der Waals surface area contributed by atoms with E-state index in [9.17, 15) is 18.0 Å². The number of hydrogen-bond acceptors (Lipinski definition) is 5. The molecule has 3 rings (SSSR count). The maximum Gasteiger partial charge on any atom is 0.227 e. The Morgan fingerprint density at radius 1 is 1.15 bits per heavy atom. The molecule has 0 saturated carbocycles. The van der Waals surface area contributed by atoms with Gasteiger partial charge in [0.05, 0.1) is 24.5 Å². The number of anilines is 1. The van der Waals surface area contributed by atoms with Crippen LogP contribution in [0.25, 0.3) is 0 Å². The summed E-state index contributed by atoms with van der Waals surface area (Å²) in [6.07, 6.45) is 0.141. The van der Waals surface area contributed by atoms with Crippen molar-refractivity contribution in [1.29, 1.82) is 0 Å². The summed E-state index contributed by atoms with van der Waals surface area (Å²) in [6, 6.07) is 12.5. The number of carbonyl (C=O) groups excluding carboxylic acids is 2. The molecule has 1 fully saturated rings. The van der Waals surface area contributed by atoms with Gasteiger partial charge in [0.25, 0.3) is 0 Å². The second kappa shape index (κ2) is 10.4. The van der Waals surface area contributed by atoms with Crippen LogP contribution in [0.15, 0.2) is 42.5 Å². The first kappa shape index (κ1) is 24.7. The molecule has 2 N–H and O–H groups in total. The number of nitrogens with one attached hydrogen (secondary N) is 2. The number of rotatable bonds is 9. The van der Waals surface area contributed by atoms with Crippen LogP contribution in [0.1, 0.15) is 37.0 Å². The molecule has 2 aromatic rings. The van der Waals surface area contributed by atoms with Crippen LogP contribution in [0.5, 0.6) is 5.75 Å². The second-order valence-electron chi connectivity index (χ2n) is 8.65. The van der Waals surface area contributed by atoms with Gasteiger partial charge in [-0.3, -0.25) is 9.59 Å². The summed E-state index contributed by atoms with van der Waals surface area (Å²) in [5, 5.41) is 2.89. The minimum atomic E-state index is -3.39. The van der Waals surface area contributed by atoms with E-state index in [0.717, 1.165) is 11.1 Å². The molecule has 0 spiro atoms. The largest absolute Gasteiger partial charge is 0.495 e. The van der Waals surface area contributed by atoms with Crippen molar-refractivity contribution in [2.45, 2.75) is 45.5 Å². The molecule has 8 nitrogen and oxygen atoms in total. The molecule has 0 aliphatic carbocycles. The number of sulfonamides is 1. The van der Waals surface area contributed by atoms with Gasteiger partial charge in [-0.2, -0.15) is 0 Å². The van der Waals surface area contributed by atoms with E-state index in [4.69, 9.17) is 4.74 Å². The molecule has 1 aliphatic heterocycles. The molecule has 1 heterocycles. The second-order valence-corrected chi connectivity index (χ2v) is 10.4. The van der Waals surface area contributed by atoms with Gasteiger partial charge in [-0.15, -0.1) is 0 Å². The van der Waals surface area contributed by atoms with Gasteiger partial charge in [0.1, 0.15) is 5.75 Å². The summed E-state index contributed by atoms with van der Waals surface area (Å²) >= 11 is 0. The Morgan fingerprint density at radius 3 is 2.45 bits per heavy atom. The summed E-state index contributed by atoms with van der Waals surface area (Å²) in [5.41, 5.74) is 3.20. The van der Waals surface area contributed by atoms with Gasteiger partial charge < -0.3 is 15.0 Å². The average Bonchev–Trinajstić information content (AvgIpc) is 3.13. The van der Waals surface area contributed by atoms with Crippen molar-refractivity contribution in [3.63, 3.8) is 0 Å². The molecule has 2 aromatic carbocycles. The van der Waals surface area contributed by atoms with Crippen molar-refractivity contribution >= 4 is 27.5 Å². The third-order valence-corrected chi connectivity index (χ3v) is 6.93. The Bertz CT molecular complexity index is 1110. The minimum Gasteiger partial charge on any atom is -0.495 e. The zero-order chi connectivity index (χ0) is 24.2. The zero-order valence-corrected chi connectivity index (χ0v) is 20.2. The molecule has 9 heteroatoms. The van der Waals surface area contributed by atoms with Crippen LogP contribution in [0.2, 0.25) is 0 Å². The third-order valence-electron chi connectivity index (χ3n) is 5.38. The summed E-state index contributed by atoms with van der Waals surface area (Å²) in [5.74, 6) is -0.250. The highest BCUT2D eigenvalue weighted by Gasteiger charge is 2.36. The van der Waals surface area contributed by atoms with Crippen LogP contribution in [-0.4, -0.2) is 39.9 Å². The Hall–Kier alpha value is -2.91. The van der Waals surface area contributed by atoms with E-state index in [0.29, 0.717) is 30.1 Å². The van der Waals surface area contributed by atoms with Crippen LogP contribution in [-0.2, 0) is 31.9 Å². The lowest BCUT2D eigenvalue weighted by molar-refractivity contribution is -0.126. The number of benzene rings is 2. The van der Waals surface area contributed by atoms with Crippen molar-refractivity contribution < 1.29 is 22.7 Å². The van der Waals surface area contributed by atoms with Gasteiger partial charge in [0.15, 0.2) is 0 Å². The van der Waals surface area contributed by atoms with Crippen molar-refractivity contribution in [2.24, 2.45) is 5.92 Å². The number of nitrogens with zero attached hydrogens (tertiary/aromatic N) is 1. The van der Waals surface area contributed by atoms with Gasteiger partial charge >= 0.3 is 0 Å². The smallest absolute Gasteiger partial charge is 0.227 e. The van der Waals surface area contributed by atoms with E-state index in [-0.39, 0.29) is 30.0 Å². The van der Waals surface area contributed by atoms with Gasteiger partial charge in [-0.1, -0.05) is 30.3 Å². The first-order valence-electron chi connectivity index (χ1n) is 10.9. The number of ether oxygens (including phenoxy) is 1. The summed E-state index contributed by atoms with van der Waals surface area (Å²) < 4.78 is 32.1. The fourth-order valence-corrected chi connectivity index (χ4v) is 5.27. The number of carbonyl (C=O) groups is 2. The number of hydrogen-bond donors (Lipinski definition) is 2. The first-order valence-corrected chi connectivity index (χ1v) is 12.5. The average molecular weight is 474 g/mol. The van der Waals surface area contributed by atoms with Crippen molar-refractivity contribution in [2.75, 3.05) is 18.6 Å². The van der Waals surface area contributed by atoms with Crippen molar-refractivity contribution in [3.8, 4) is 5.75 Å². The highest BCUT2D eigenvalue weighted by Crippen LogP contribution is 2.34. The molecule has 0 bridgehead atoms. The van der Waals surface area contributed by atoms with Gasteiger partial charge in [0.2, 0.25) is 21.8 Å². The van der Waals surface area contributed by atoms with E-state index in [2.05, 4.69) is 10.0 Å². The molecule has 1 aliphatic rings. The molecule has 0 unspecified atom stereocenters. The number of aryl methyl sites for hydroxylation is 1. The topological polar surface area (TPSA) is 105 Å². The molecule has 2 amide bonds. The fraction of sp³-hybridized carbons (Fsp3) is 0.417. The normalized spacial score (nSPS) is 16.3. The van der Waals surface area contributed by atoms with E-state index in [1.807, 2.05) is 25.1 Å². The molecule has 1 saturated heterocycles. The standard InChI is InChI=1S/C24H31N3O5S/c1-16(2)26-33(30,31)15-19-8-6-18(7-9-19)13-25-24(29)20-12-23(28)27(14-20)21-11-17(3)5-10-22(21)32-4/h5-11,16,20,26H,12-15H2,1-4H3,(H,25,29)/t20-/m0/s1. The van der Waals surface area contributed by atoms with Crippen LogP contribution in [0, 0.1) is 12.8 Å². The first-order chi connectivity index (χ1) is 15.6. The zero-order valence-electron chi connectivity index (χ0n) is 19.4. The van der Waals surface area contributed by atoms with Gasteiger partial charge in [-0.25, -0.2) is 13.1 Å². The fourth-order valence-electron chi connectivity index (χ4n) is 3.83. The highest BCUT2D eigenvalue weighted by molar-refractivity contribution is 7.88. The Balaban J connectivity index is 1.57. The summed E-state index contributed by atoms with van der Waals surface area (Å²) in [7, 11) is -1.83. The van der Waals surface area contributed by atoms with E-state index in [1.165, 1.54) is 0 Å². The summed E-state index contributed by atoms with van der Waals surface area (Å²) in [4.78, 5) is 26.9. The SMILES string of the molecule is COc1ccc(C)cc1N1C[C@@H](C(=O)NCc2ccc(CS(=O)(=O)NC(C)C)cc2)CC1=O. The Labute approximate surface area is 195 Å². The molecule has 0 aromatic heterocycles. The van der Waals surface area contributed by atoms with Gasteiger partial charge in [-0.05, 0) is 49.6 Å². The highest BCUT2D eigenvalue weighted by atomic mass is 32.2. The molecular weight excluding hydrogens is 442 g/mol. The predicted octanol–water partition coefficient (Wildman–Crippen LogP) is 2.50. The van der Waals surface area contributed by atoms with Crippen LogP contribution < -0.4 is 19.7 Å². The predicted molar refractivity (Wildman–Crippen MR) is 127 cm³/mol. The Kier molecular flexibility index (Phi) is 7.76. The summed E-state index contributed by atoms with van der Waals surface area (Å²) in [6.45, 7) is 6.09. The lowest BCUT2D eigenvalue weighted by atomic mass is 10.1. The van der Waals surface area contributed by atoms with Crippen LogP contribution >= 0.6 is 0 Å². The maximum absolute atomic E-state index is 12.7. The van der Waals surface area contributed by atoms with Crippen molar-refractivity contribution in [3.05, 3.63) is 59.2 Å². The van der Waals surface area contributed by atoms with E-state index < -0.39 is 15.9 Å². The molecule has 178 valence electrons. The molecular formula is C24H31N3O5S. The van der Waals surface area contributed by atoms with Gasteiger partial charge in [0, 0.05) is 25.6 Å². The van der Waals surface area contributed by atoms with Crippen molar-refractivity contribution in [1.82, 2.24) is 10.0 Å². The van der Waals surface area contributed by atoms with E-state index >= 15 is 0 Å². The molecule has 1 atom stereocenters.